The molecule has 0 aromatic heterocycles. The molecule has 0 bridgehead atoms. The summed E-state index contributed by atoms with van der Waals surface area (Å²) in [5, 5.41) is 0.527. The van der Waals surface area contributed by atoms with E-state index < -0.39 is 29.0 Å². The highest BCUT2D eigenvalue weighted by atomic mass is 79.9. The molecule has 1 atom stereocenters. The number of hydrogen-bond donors (Lipinski definition) is 0. The van der Waals surface area contributed by atoms with Gasteiger partial charge in [0, 0.05) is 17.9 Å². The van der Waals surface area contributed by atoms with Crippen molar-refractivity contribution in [3.63, 3.8) is 0 Å². The summed E-state index contributed by atoms with van der Waals surface area (Å²) in [6.07, 6.45) is -2.32. The largest absolute Gasteiger partial charge is 0.419 e. The molecule has 0 spiro atoms. The minimum absolute atomic E-state index is 0.111. The van der Waals surface area contributed by atoms with E-state index in [-0.39, 0.29) is 6.04 Å². The van der Waals surface area contributed by atoms with Gasteiger partial charge in [0.1, 0.15) is 5.82 Å². The molecule has 1 unspecified atom stereocenters. The molecular formula is C14H14BrF4NO. The van der Waals surface area contributed by atoms with E-state index in [1.54, 1.807) is 0 Å². The standard InChI is InChI=1S/C14H14BrF4NO/c15-8-9-4-1-2-7-20(9)13(21)10-5-3-6-11(12(10)16)14(17,18)19/h3,5-6,9H,1-2,4,7-8H2. The molecule has 0 saturated carbocycles. The maximum Gasteiger partial charge on any atom is 0.419 e. The lowest BCUT2D eigenvalue weighted by molar-refractivity contribution is -0.140. The predicted molar refractivity (Wildman–Crippen MR) is 73.9 cm³/mol. The summed E-state index contributed by atoms with van der Waals surface area (Å²) in [5.74, 6) is -2.17. The van der Waals surface area contributed by atoms with Crippen molar-refractivity contribution in [3.8, 4) is 0 Å². The number of alkyl halides is 4. The number of benzene rings is 1. The van der Waals surface area contributed by atoms with Crippen LogP contribution < -0.4 is 0 Å². The number of amides is 1. The fourth-order valence-electron chi connectivity index (χ4n) is 2.50. The highest BCUT2D eigenvalue weighted by Gasteiger charge is 2.37. The summed E-state index contributed by atoms with van der Waals surface area (Å²) in [6.45, 7) is 0.435. The molecule has 1 aromatic rings. The smallest absolute Gasteiger partial charge is 0.335 e. The van der Waals surface area contributed by atoms with Crippen LogP contribution in [0.5, 0.6) is 0 Å². The summed E-state index contributed by atoms with van der Waals surface area (Å²) in [7, 11) is 0. The van der Waals surface area contributed by atoms with Gasteiger partial charge in [-0.15, -0.1) is 0 Å². The number of hydrogen-bond acceptors (Lipinski definition) is 1. The Morgan fingerprint density at radius 3 is 2.67 bits per heavy atom. The van der Waals surface area contributed by atoms with Crippen LogP contribution in [-0.2, 0) is 6.18 Å². The lowest BCUT2D eigenvalue weighted by Gasteiger charge is -2.35. The van der Waals surface area contributed by atoms with Crippen molar-refractivity contribution in [2.24, 2.45) is 0 Å². The number of rotatable bonds is 2. The van der Waals surface area contributed by atoms with Crippen molar-refractivity contribution in [1.82, 2.24) is 4.90 Å². The second-order valence-corrected chi connectivity index (χ2v) is 5.61. The van der Waals surface area contributed by atoms with Gasteiger partial charge in [0.05, 0.1) is 11.1 Å². The molecule has 1 fully saturated rings. The van der Waals surface area contributed by atoms with Crippen molar-refractivity contribution >= 4 is 21.8 Å². The molecule has 0 aliphatic carbocycles. The predicted octanol–water partition coefficient (Wildman–Crippen LogP) is 4.23. The molecule has 2 nitrogen and oxygen atoms in total. The Kier molecular flexibility index (Phi) is 4.91. The summed E-state index contributed by atoms with van der Waals surface area (Å²) in [4.78, 5) is 13.8. The van der Waals surface area contributed by atoms with Crippen LogP contribution in [0, 0.1) is 5.82 Å². The third-order valence-electron chi connectivity index (χ3n) is 3.60. The number of carbonyl (C=O) groups excluding carboxylic acids is 1. The Hall–Kier alpha value is -1.11. The molecule has 1 aromatic carbocycles. The Morgan fingerprint density at radius 1 is 1.33 bits per heavy atom. The minimum atomic E-state index is -4.81. The number of carbonyl (C=O) groups is 1. The van der Waals surface area contributed by atoms with Crippen LogP contribution in [0.2, 0.25) is 0 Å². The lowest BCUT2D eigenvalue weighted by Crippen LogP contribution is -2.45. The number of likely N-dealkylation sites (tertiary alicyclic amines) is 1. The Labute approximate surface area is 128 Å². The Morgan fingerprint density at radius 2 is 2.05 bits per heavy atom. The van der Waals surface area contributed by atoms with Crippen LogP contribution >= 0.6 is 15.9 Å². The van der Waals surface area contributed by atoms with Crippen LogP contribution in [0.3, 0.4) is 0 Å². The SMILES string of the molecule is O=C(c1cccc(C(F)(F)F)c1F)N1CCCCC1CBr. The first-order chi connectivity index (χ1) is 9.86. The van der Waals surface area contributed by atoms with E-state index in [4.69, 9.17) is 0 Å². The van der Waals surface area contributed by atoms with Gasteiger partial charge in [-0.3, -0.25) is 4.79 Å². The summed E-state index contributed by atoms with van der Waals surface area (Å²) < 4.78 is 52.1. The highest BCUT2D eigenvalue weighted by Crippen LogP contribution is 2.33. The van der Waals surface area contributed by atoms with E-state index in [9.17, 15) is 22.4 Å². The lowest BCUT2D eigenvalue weighted by atomic mass is 10.0. The Bertz CT molecular complexity index is 532. The van der Waals surface area contributed by atoms with Gasteiger partial charge in [-0.25, -0.2) is 4.39 Å². The summed E-state index contributed by atoms with van der Waals surface area (Å²) in [6, 6.07) is 2.70. The van der Waals surface area contributed by atoms with Crippen molar-refractivity contribution in [2.75, 3.05) is 11.9 Å². The maximum absolute atomic E-state index is 14.0. The van der Waals surface area contributed by atoms with Crippen molar-refractivity contribution in [3.05, 3.63) is 35.1 Å². The van der Waals surface area contributed by atoms with E-state index in [0.29, 0.717) is 17.9 Å². The fraction of sp³-hybridized carbons (Fsp3) is 0.500. The minimum Gasteiger partial charge on any atom is -0.335 e. The molecular weight excluding hydrogens is 354 g/mol. The molecule has 2 rings (SSSR count). The van der Waals surface area contributed by atoms with E-state index >= 15 is 0 Å². The van der Waals surface area contributed by atoms with Gasteiger partial charge < -0.3 is 4.90 Å². The zero-order valence-electron chi connectivity index (χ0n) is 11.1. The summed E-state index contributed by atoms with van der Waals surface area (Å²) in [5.41, 5.74) is -1.92. The first-order valence-corrected chi connectivity index (χ1v) is 7.71. The highest BCUT2D eigenvalue weighted by molar-refractivity contribution is 9.09. The van der Waals surface area contributed by atoms with Crippen LogP contribution in [-0.4, -0.2) is 28.7 Å². The van der Waals surface area contributed by atoms with E-state index in [1.807, 2.05) is 0 Å². The molecule has 7 heteroatoms. The van der Waals surface area contributed by atoms with Crippen LogP contribution in [0.15, 0.2) is 18.2 Å². The molecule has 1 heterocycles. The van der Waals surface area contributed by atoms with Gasteiger partial charge >= 0.3 is 6.18 Å². The third kappa shape index (κ3) is 3.39. The average molecular weight is 368 g/mol. The van der Waals surface area contributed by atoms with Crippen molar-refractivity contribution in [1.29, 1.82) is 0 Å². The quantitative estimate of drug-likeness (QED) is 0.565. The number of halogens is 5. The molecule has 1 amide bonds. The zero-order chi connectivity index (χ0) is 15.6. The van der Waals surface area contributed by atoms with Crippen LogP contribution in [0.25, 0.3) is 0 Å². The second kappa shape index (κ2) is 6.34. The molecule has 1 saturated heterocycles. The van der Waals surface area contributed by atoms with Gasteiger partial charge in [-0.05, 0) is 31.4 Å². The average Bonchev–Trinajstić information content (AvgIpc) is 2.45. The monoisotopic (exact) mass is 367 g/mol. The Balaban J connectivity index is 2.35. The van der Waals surface area contributed by atoms with Crippen LogP contribution in [0.1, 0.15) is 35.2 Å². The first-order valence-electron chi connectivity index (χ1n) is 6.59. The first kappa shape index (κ1) is 16.3. The molecule has 0 N–H and O–H groups in total. The van der Waals surface area contributed by atoms with Crippen molar-refractivity contribution < 1.29 is 22.4 Å². The van der Waals surface area contributed by atoms with Gasteiger partial charge in [0.2, 0.25) is 0 Å². The van der Waals surface area contributed by atoms with E-state index in [0.717, 1.165) is 31.4 Å². The van der Waals surface area contributed by atoms with Crippen LogP contribution in [0.4, 0.5) is 17.6 Å². The topological polar surface area (TPSA) is 20.3 Å². The van der Waals surface area contributed by atoms with E-state index in [2.05, 4.69) is 15.9 Å². The van der Waals surface area contributed by atoms with Gasteiger partial charge in [0.15, 0.2) is 0 Å². The normalized spacial score (nSPS) is 19.7. The van der Waals surface area contributed by atoms with Gasteiger partial charge in [-0.1, -0.05) is 22.0 Å². The fourth-order valence-corrected chi connectivity index (χ4v) is 3.17. The molecule has 116 valence electrons. The number of piperidine rings is 1. The molecule has 1 aliphatic heterocycles. The second-order valence-electron chi connectivity index (χ2n) is 4.97. The third-order valence-corrected chi connectivity index (χ3v) is 4.35. The van der Waals surface area contributed by atoms with Gasteiger partial charge in [-0.2, -0.15) is 13.2 Å². The van der Waals surface area contributed by atoms with Gasteiger partial charge in [0.25, 0.3) is 5.91 Å². The number of nitrogens with zero attached hydrogens (tertiary/aromatic N) is 1. The zero-order valence-corrected chi connectivity index (χ0v) is 12.7. The maximum atomic E-state index is 14.0. The van der Waals surface area contributed by atoms with Crippen molar-refractivity contribution in [2.45, 2.75) is 31.5 Å². The van der Waals surface area contributed by atoms with E-state index in [1.165, 1.54) is 4.90 Å². The molecule has 21 heavy (non-hydrogen) atoms. The molecule has 1 aliphatic rings. The summed E-state index contributed by atoms with van der Waals surface area (Å²) >= 11 is 3.29. The molecule has 0 radical (unpaired) electrons.